The number of amides is 2. The number of benzene rings is 1. The van der Waals surface area contributed by atoms with Crippen LogP contribution in [0.4, 0.5) is 5.69 Å². The highest BCUT2D eigenvalue weighted by atomic mass is 35.5. The second kappa shape index (κ2) is 6.93. The lowest BCUT2D eigenvalue weighted by atomic mass is 10.1. The van der Waals surface area contributed by atoms with E-state index in [4.69, 9.17) is 11.6 Å². The van der Waals surface area contributed by atoms with E-state index in [2.05, 4.69) is 15.6 Å². The van der Waals surface area contributed by atoms with Gasteiger partial charge in [0, 0.05) is 17.1 Å². The highest BCUT2D eigenvalue weighted by Crippen LogP contribution is 2.26. The standard InChI is InChI=1S/C16H20ClN3O2S/c1-9-10(17)6-5-7-11(9)18-13(21)8-12-14(22)19-15(23-12)20-16(2,3)4/h5-7,12H,8H2,1-4H3,(H,18,21)(H,19,20,22)/t12-/m1/s1. The molecule has 1 aromatic rings. The molecule has 0 spiro atoms. The minimum Gasteiger partial charge on any atom is -0.326 e. The van der Waals surface area contributed by atoms with Crippen LogP contribution in [0.2, 0.25) is 5.02 Å². The predicted molar refractivity (Wildman–Crippen MR) is 96.1 cm³/mol. The van der Waals surface area contributed by atoms with Crippen LogP contribution in [-0.4, -0.2) is 27.8 Å². The summed E-state index contributed by atoms with van der Waals surface area (Å²) in [5.41, 5.74) is 1.19. The summed E-state index contributed by atoms with van der Waals surface area (Å²) in [6.07, 6.45) is 0.0889. The Morgan fingerprint density at radius 3 is 2.78 bits per heavy atom. The van der Waals surface area contributed by atoms with Crippen LogP contribution in [0.25, 0.3) is 0 Å². The van der Waals surface area contributed by atoms with Crippen LogP contribution < -0.4 is 10.6 Å². The normalized spacial score (nSPS) is 19.8. The summed E-state index contributed by atoms with van der Waals surface area (Å²) in [5, 5.41) is 6.23. The molecule has 0 bridgehead atoms. The van der Waals surface area contributed by atoms with Gasteiger partial charge in [0.1, 0.15) is 5.25 Å². The molecule has 0 saturated carbocycles. The number of anilines is 1. The molecule has 5 nitrogen and oxygen atoms in total. The number of rotatable bonds is 3. The maximum atomic E-state index is 12.2. The predicted octanol–water partition coefficient (Wildman–Crippen LogP) is 3.36. The molecule has 7 heteroatoms. The van der Waals surface area contributed by atoms with E-state index in [1.807, 2.05) is 27.7 Å². The van der Waals surface area contributed by atoms with Crippen molar-refractivity contribution in [2.45, 2.75) is 44.9 Å². The van der Waals surface area contributed by atoms with Crippen molar-refractivity contribution in [3.8, 4) is 0 Å². The van der Waals surface area contributed by atoms with Gasteiger partial charge in [0.05, 0.1) is 5.54 Å². The summed E-state index contributed by atoms with van der Waals surface area (Å²) in [7, 11) is 0. The average Bonchev–Trinajstić information content (AvgIpc) is 2.72. The molecule has 1 aliphatic heterocycles. The fourth-order valence-corrected chi connectivity index (χ4v) is 3.34. The number of halogens is 1. The Morgan fingerprint density at radius 1 is 1.43 bits per heavy atom. The molecule has 1 aromatic carbocycles. The molecule has 0 aromatic heterocycles. The lowest BCUT2D eigenvalue weighted by Crippen LogP contribution is -2.29. The minimum atomic E-state index is -0.462. The third kappa shape index (κ3) is 4.97. The van der Waals surface area contributed by atoms with E-state index in [0.717, 1.165) is 5.56 Å². The van der Waals surface area contributed by atoms with E-state index < -0.39 is 5.25 Å². The van der Waals surface area contributed by atoms with Gasteiger partial charge in [-0.15, -0.1) is 0 Å². The number of carbonyl (C=O) groups excluding carboxylic acids is 2. The lowest BCUT2D eigenvalue weighted by molar-refractivity contribution is -0.122. The van der Waals surface area contributed by atoms with Gasteiger partial charge in [-0.25, -0.2) is 0 Å². The molecule has 0 unspecified atom stereocenters. The van der Waals surface area contributed by atoms with E-state index in [0.29, 0.717) is 15.9 Å². The number of aliphatic imine (C=N–C) groups is 1. The van der Waals surface area contributed by atoms with Crippen molar-refractivity contribution in [3.05, 3.63) is 28.8 Å². The fourth-order valence-electron chi connectivity index (χ4n) is 2.01. The van der Waals surface area contributed by atoms with Gasteiger partial charge in [-0.05, 0) is 45.4 Å². The molecule has 2 N–H and O–H groups in total. The quantitative estimate of drug-likeness (QED) is 0.875. The first kappa shape index (κ1) is 17.8. The molecule has 124 valence electrons. The minimum absolute atomic E-state index is 0.0889. The number of thioether (sulfide) groups is 1. The second-order valence-corrected chi connectivity index (χ2v) is 7.95. The summed E-state index contributed by atoms with van der Waals surface area (Å²) < 4.78 is 0. The SMILES string of the molecule is Cc1c(Cl)cccc1NC(=O)C[C@H]1SC(=NC(C)(C)C)NC1=O. The molecule has 1 saturated heterocycles. The first-order valence-electron chi connectivity index (χ1n) is 7.28. The number of hydrogen-bond donors (Lipinski definition) is 2. The molecule has 1 atom stereocenters. The smallest absolute Gasteiger partial charge is 0.240 e. The summed E-state index contributed by atoms with van der Waals surface area (Å²) in [4.78, 5) is 28.6. The second-order valence-electron chi connectivity index (χ2n) is 6.35. The number of nitrogens with one attached hydrogen (secondary N) is 2. The average molecular weight is 354 g/mol. The van der Waals surface area contributed by atoms with Gasteiger partial charge >= 0.3 is 0 Å². The van der Waals surface area contributed by atoms with Crippen molar-refractivity contribution in [3.63, 3.8) is 0 Å². The maximum absolute atomic E-state index is 12.2. The van der Waals surface area contributed by atoms with Gasteiger partial charge in [-0.3, -0.25) is 14.6 Å². The zero-order chi connectivity index (χ0) is 17.2. The molecule has 0 aliphatic carbocycles. The molecule has 2 rings (SSSR count). The fraction of sp³-hybridized carbons (Fsp3) is 0.438. The first-order valence-corrected chi connectivity index (χ1v) is 8.54. The van der Waals surface area contributed by atoms with Gasteiger partial charge in [0.2, 0.25) is 11.8 Å². The Labute approximate surface area is 145 Å². The van der Waals surface area contributed by atoms with Crippen molar-refractivity contribution in [1.29, 1.82) is 0 Å². The van der Waals surface area contributed by atoms with Crippen molar-refractivity contribution in [1.82, 2.24) is 5.32 Å². The Balaban J connectivity index is 2.00. The highest BCUT2D eigenvalue weighted by Gasteiger charge is 2.33. The summed E-state index contributed by atoms with van der Waals surface area (Å²) in [5.74, 6) is -0.406. The van der Waals surface area contributed by atoms with Gasteiger partial charge in [0.25, 0.3) is 0 Å². The van der Waals surface area contributed by atoms with Gasteiger partial charge < -0.3 is 10.6 Å². The topological polar surface area (TPSA) is 70.6 Å². The van der Waals surface area contributed by atoms with Crippen LogP contribution in [0.15, 0.2) is 23.2 Å². The Bertz CT molecular complexity index is 668. The molecule has 1 heterocycles. The number of hydrogen-bond acceptors (Lipinski definition) is 4. The number of carbonyl (C=O) groups is 2. The van der Waals surface area contributed by atoms with Crippen LogP contribution >= 0.6 is 23.4 Å². The largest absolute Gasteiger partial charge is 0.326 e. The van der Waals surface area contributed by atoms with Gasteiger partial charge in [-0.2, -0.15) is 0 Å². The van der Waals surface area contributed by atoms with Crippen LogP contribution in [0, 0.1) is 6.92 Å². The van der Waals surface area contributed by atoms with Crippen molar-refractivity contribution >= 4 is 46.0 Å². The lowest BCUT2D eigenvalue weighted by Gasteiger charge is -2.12. The van der Waals surface area contributed by atoms with E-state index in [1.165, 1.54) is 11.8 Å². The molecular formula is C16H20ClN3O2S. The third-order valence-electron chi connectivity index (χ3n) is 3.13. The van der Waals surface area contributed by atoms with Crippen molar-refractivity contribution < 1.29 is 9.59 Å². The third-order valence-corrected chi connectivity index (χ3v) is 4.62. The van der Waals surface area contributed by atoms with Gasteiger partial charge in [-0.1, -0.05) is 29.4 Å². The van der Waals surface area contributed by atoms with E-state index in [9.17, 15) is 9.59 Å². The Kier molecular flexibility index (Phi) is 5.37. The maximum Gasteiger partial charge on any atom is 0.240 e. The van der Waals surface area contributed by atoms with E-state index in [-0.39, 0.29) is 23.8 Å². The summed E-state index contributed by atoms with van der Waals surface area (Å²) in [6.45, 7) is 7.70. The van der Waals surface area contributed by atoms with Crippen LogP contribution in [0.1, 0.15) is 32.8 Å². The van der Waals surface area contributed by atoms with Crippen LogP contribution in [0.5, 0.6) is 0 Å². The Morgan fingerprint density at radius 2 is 2.13 bits per heavy atom. The molecule has 0 radical (unpaired) electrons. The molecular weight excluding hydrogens is 334 g/mol. The summed E-state index contributed by atoms with van der Waals surface area (Å²) >= 11 is 7.33. The summed E-state index contributed by atoms with van der Waals surface area (Å²) in [6, 6.07) is 5.32. The van der Waals surface area contributed by atoms with E-state index in [1.54, 1.807) is 18.2 Å². The molecule has 2 amide bonds. The molecule has 1 fully saturated rings. The van der Waals surface area contributed by atoms with Crippen molar-refractivity contribution in [2.24, 2.45) is 4.99 Å². The Hall–Kier alpha value is -1.53. The van der Waals surface area contributed by atoms with Crippen LogP contribution in [0.3, 0.4) is 0 Å². The number of nitrogens with zero attached hydrogens (tertiary/aromatic N) is 1. The zero-order valence-electron chi connectivity index (χ0n) is 13.6. The first-order chi connectivity index (χ1) is 10.7. The van der Waals surface area contributed by atoms with Crippen LogP contribution in [-0.2, 0) is 9.59 Å². The number of amidine groups is 1. The van der Waals surface area contributed by atoms with Crippen molar-refractivity contribution in [2.75, 3.05) is 5.32 Å². The molecule has 1 aliphatic rings. The zero-order valence-corrected chi connectivity index (χ0v) is 15.1. The van der Waals surface area contributed by atoms with E-state index >= 15 is 0 Å². The van der Waals surface area contributed by atoms with Gasteiger partial charge in [0.15, 0.2) is 5.17 Å². The molecule has 23 heavy (non-hydrogen) atoms. The monoisotopic (exact) mass is 353 g/mol. The highest BCUT2D eigenvalue weighted by molar-refractivity contribution is 8.15.